The summed E-state index contributed by atoms with van der Waals surface area (Å²) in [6, 6.07) is 23.9. The standard InChI is InChI=1S/C20H18N2/c21-10-11-22-19-7-3-6-14-8-9-17-12-15-4-1-2-5-16(15)13-18(17)20(14)19/h1-9,12-13,22H,10-11,21H2. The predicted octanol–water partition coefficient (Wildman–Crippen LogP) is 4.52. The lowest BCUT2D eigenvalue weighted by Crippen LogP contribution is -2.13. The molecule has 3 N–H and O–H groups in total. The zero-order chi connectivity index (χ0) is 14.9. The van der Waals surface area contributed by atoms with E-state index < -0.39 is 0 Å². The number of rotatable bonds is 3. The van der Waals surface area contributed by atoms with Crippen molar-refractivity contribution in [3.05, 3.63) is 66.7 Å². The van der Waals surface area contributed by atoms with Gasteiger partial charge in [-0.15, -0.1) is 0 Å². The van der Waals surface area contributed by atoms with Gasteiger partial charge >= 0.3 is 0 Å². The van der Waals surface area contributed by atoms with Gasteiger partial charge in [0.1, 0.15) is 0 Å². The molecule has 0 atom stereocenters. The number of hydrogen-bond donors (Lipinski definition) is 2. The number of hydrogen-bond acceptors (Lipinski definition) is 2. The minimum absolute atomic E-state index is 0.629. The average Bonchev–Trinajstić information content (AvgIpc) is 2.57. The highest BCUT2D eigenvalue weighted by Gasteiger charge is 2.06. The summed E-state index contributed by atoms with van der Waals surface area (Å²) >= 11 is 0. The van der Waals surface area contributed by atoms with Gasteiger partial charge in [-0.2, -0.15) is 0 Å². The largest absolute Gasteiger partial charge is 0.383 e. The third-order valence-corrected chi connectivity index (χ3v) is 4.19. The molecule has 0 saturated carbocycles. The molecule has 0 aliphatic rings. The molecule has 2 heteroatoms. The summed E-state index contributed by atoms with van der Waals surface area (Å²) < 4.78 is 0. The maximum atomic E-state index is 5.64. The second-order valence-corrected chi connectivity index (χ2v) is 5.61. The fourth-order valence-electron chi connectivity index (χ4n) is 3.16. The van der Waals surface area contributed by atoms with Crippen molar-refractivity contribution in [3.63, 3.8) is 0 Å². The molecular weight excluding hydrogens is 268 g/mol. The molecule has 4 aromatic carbocycles. The van der Waals surface area contributed by atoms with Crippen molar-refractivity contribution in [1.29, 1.82) is 0 Å². The van der Waals surface area contributed by atoms with Gasteiger partial charge in [0.25, 0.3) is 0 Å². The molecule has 0 bridgehead atoms. The van der Waals surface area contributed by atoms with E-state index in [9.17, 15) is 0 Å². The molecule has 22 heavy (non-hydrogen) atoms. The summed E-state index contributed by atoms with van der Waals surface area (Å²) in [5.41, 5.74) is 6.80. The highest BCUT2D eigenvalue weighted by molar-refractivity contribution is 6.16. The molecule has 0 spiro atoms. The lowest BCUT2D eigenvalue weighted by atomic mass is 9.97. The van der Waals surface area contributed by atoms with Crippen molar-refractivity contribution in [2.75, 3.05) is 18.4 Å². The van der Waals surface area contributed by atoms with Gasteiger partial charge in [0, 0.05) is 24.2 Å². The highest BCUT2D eigenvalue weighted by Crippen LogP contribution is 2.33. The van der Waals surface area contributed by atoms with E-state index in [4.69, 9.17) is 5.73 Å². The Labute approximate surface area is 129 Å². The van der Waals surface area contributed by atoms with E-state index in [-0.39, 0.29) is 0 Å². The fraction of sp³-hybridized carbons (Fsp3) is 0.100. The van der Waals surface area contributed by atoms with Crippen molar-refractivity contribution in [1.82, 2.24) is 0 Å². The zero-order valence-corrected chi connectivity index (χ0v) is 12.3. The molecule has 0 aliphatic heterocycles. The normalized spacial score (nSPS) is 11.3. The lowest BCUT2D eigenvalue weighted by molar-refractivity contribution is 1.03. The van der Waals surface area contributed by atoms with Gasteiger partial charge in [0.05, 0.1) is 0 Å². The zero-order valence-electron chi connectivity index (χ0n) is 12.3. The number of nitrogens with two attached hydrogens (primary N) is 1. The van der Waals surface area contributed by atoms with Crippen molar-refractivity contribution in [3.8, 4) is 0 Å². The first-order valence-electron chi connectivity index (χ1n) is 7.65. The number of fused-ring (bicyclic) bond motifs is 4. The molecule has 0 saturated heterocycles. The lowest BCUT2D eigenvalue weighted by Gasteiger charge is -2.12. The SMILES string of the molecule is NCCNc1cccc2ccc3cc4ccccc4cc3c12. The van der Waals surface area contributed by atoms with Crippen LogP contribution in [0.2, 0.25) is 0 Å². The van der Waals surface area contributed by atoms with Gasteiger partial charge in [-0.25, -0.2) is 0 Å². The Bertz CT molecular complexity index is 973. The Balaban J connectivity index is 2.09. The first kappa shape index (κ1) is 13.1. The molecule has 0 aromatic heterocycles. The molecule has 0 aliphatic carbocycles. The maximum absolute atomic E-state index is 5.64. The molecule has 108 valence electrons. The minimum Gasteiger partial charge on any atom is -0.383 e. The van der Waals surface area contributed by atoms with Crippen molar-refractivity contribution in [2.45, 2.75) is 0 Å². The monoisotopic (exact) mass is 286 g/mol. The summed E-state index contributed by atoms with van der Waals surface area (Å²) in [5, 5.41) is 11.1. The van der Waals surface area contributed by atoms with Crippen LogP contribution in [-0.4, -0.2) is 13.1 Å². The highest BCUT2D eigenvalue weighted by atomic mass is 14.9. The Hall–Kier alpha value is -2.58. The third kappa shape index (κ3) is 2.09. The molecule has 0 amide bonds. The van der Waals surface area contributed by atoms with E-state index in [1.165, 1.54) is 32.3 Å². The Morgan fingerprint density at radius 1 is 0.727 bits per heavy atom. The topological polar surface area (TPSA) is 38.0 Å². The Morgan fingerprint density at radius 2 is 1.45 bits per heavy atom. The molecule has 2 nitrogen and oxygen atoms in total. The van der Waals surface area contributed by atoms with E-state index >= 15 is 0 Å². The van der Waals surface area contributed by atoms with Gasteiger partial charge in [0.15, 0.2) is 0 Å². The summed E-state index contributed by atoms with van der Waals surface area (Å²) in [7, 11) is 0. The van der Waals surface area contributed by atoms with Crippen LogP contribution < -0.4 is 11.1 Å². The van der Waals surface area contributed by atoms with Crippen LogP contribution >= 0.6 is 0 Å². The van der Waals surface area contributed by atoms with Crippen LogP contribution in [0.4, 0.5) is 5.69 Å². The fourth-order valence-corrected chi connectivity index (χ4v) is 3.16. The molecule has 4 aromatic rings. The van der Waals surface area contributed by atoms with Crippen molar-refractivity contribution < 1.29 is 0 Å². The first-order chi connectivity index (χ1) is 10.9. The van der Waals surface area contributed by atoms with Crippen LogP contribution in [0, 0.1) is 0 Å². The second-order valence-electron chi connectivity index (χ2n) is 5.61. The molecule has 0 fully saturated rings. The van der Waals surface area contributed by atoms with Gasteiger partial charge in [-0.1, -0.05) is 48.5 Å². The van der Waals surface area contributed by atoms with Crippen LogP contribution in [0.25, 0.3) is 32.3 Å². The minimum atomic E-state index is 0.629. The Morgan fingerprint density at radius 3 is 2.27 bits per heavy atom. The summed E-state index contributed by atoms with van der Waals surface area (Å²) in [4.78, 5) is 0. The Kier molecular flexibility index (Phi) is 3.17. The van der Waals surface area contributed by atoms with Crippen LogP contribution in [-0.2, 0) is 0 Å². The molecule has 0 unspecified atom stereocenters. The molecule has 4 rings (SSSR count). The summed E-state index contributed by atoms with van der Waals surface area (Å²) in [6.07, 6.45) is 0. The van der Waals surface area contributed by atoms with Gasteiger partial charge in [-0.05, 0) is 45.1 Å². The first-order valence-corrected chi connectivity index (χ1v) is 7.65. The van der Waals surface area contributed by atoms with E-state index in [0.717, 1.165) is 12.2 Å². The molecule has 0 radical (unpaired) electrons. The van der Waals surface area contributed by atoms with Gasteiger partial charge in [0.2, 0.25) is 0 Å². The summed E-state index contributed by atoms with van der Waals surface area (Å²) in [6.45, 7) is 1.41. The average molecular weight is 286 g/mol. The van der Waals surface area contributed by atoms with E-state index in [1.807, 2.05) is 0 Å². The molecule has 0 heterocycles. The number of benzene rings is 4. The van der Waals surface area contributed by atoms with Crippen LogP contribution in [0.3, 0.4) is 0 Å². The van der Waals surface area contributed by atoms with Crippen LogP contribution in [0.5, 0.6) is 0 Å². The van der Waals surface area contributed by atoms with Gasteiger partial charge < -0.3 is 11.1 Å². The van der Waals surface area contributed by atoms with Crippen molar-refractivity contribution >= 4 is 38.0 Å². The van der Waals surface area contributed by atoms with Crippen LogP contribution in [0.1, 0.15) is 0 Å². The number of nitrogens with one attached hydrogen (secondary N) is 1. The third-order valence-electron chi connectivity index (χ3n) is 4.19. The van der Waals surface area contributed by atoms with E-state index in [2.05, 4.69) is 72.0 Å². The second kappa shape index (κ2) is 5.32. The summed E-state index contributed by atoms with van der Waals surface area (Å²) in [5.74, 6) is 0. The maximum Gasteiger partial charge on any atom is 0.0426 e. The smallest absolute Gasteiger partial charge is 0.0426 e. The quantitative estimate of drug-likeness (QED) is 0.429. The predicted molar refractivity (Wildman–Crippen MR) is 96.5 cm³/mol. The number of anilines is 1. The van der Waals surface area contributed by atoms with E-state index in [0.29, 0.717) is 6.54 Å². The van der Waals surface area contributed by atoms with Crippen molar-refractivity contribution in [2.24, 2.45) is 5.73 Å². The van der Waals surface area contributed by atoms with Gasteiger partial charge in [-0.3, -0.25) is 0 Å². The molecular formula is C20H18N2. The van der Waals surface area contributed by atoms with Crippen LogP contribution in [0.15, 0.2) is 66.7 Å². The van der Waals surface area contributed by atoms with E-state index in [1.54, 1.807) is 0 Å².